The molecule has 0 atom stereocenters. The van der Waals surface area contributed by atoms with E-state index in [1.165, 1.54) is 31.0 Å². The number of carboxylic acids is 1. The van der Waals surface area contributed by atoms with Gasteiger partial charge >= 0.3 is 5.97 Å². The van der Waals surface area contributed by atoms with E-state index in [9.17, 15) is 14.0 Å². The topological polar surface area (TPSA) is 75.6 Å². The maximum atomic E-state index is 13.1. The maximum Gasteiger partial charge on any atom is 0.313 e. The smallest absolute Gasteiger partial charge is 0.313 e. The van der Waals surface area contributed by atoms with Crippen LogP contribution in [0, 0.1) is 5.82 Å². The third-order valence-electron chi connectivity index (χ3n) is 2.17. The number of thioether (sulfide) groups is 1. The van der Waals surface area contributed by atoms with Crippen LogP contribution < -0.4 is 10.1 Å². The molecule has 0 unspecified atom stereocenters. The number of halogens is 1. The summed E-state index contributed by atoms with van der Waals surface area (Å²) < 4.78 is 17.9. The molecule has 0 saturated carbocycles. The van der Waals surface area contributed by atoms with Gasteiger partial charge < -0.3 is 15.2 Å². The number of hydrogen-bond donors (Lipinski definition) is 2. The molecule has 7 heteroatoms. The number of amides is 1. The summed E-state index contributed by atoms with van der Waals surface area (Å²) in [6.45, 7) is 0.344. The molecular weight excluding hydrogens is 273 g/mol. The van der Waals surface area contributed by atoms with Gasteiger partial charge in [-0.1, -0.05) is 0 Å². The number of nitrogens with one attached hydrogen (secondary N) is 1. The van der Waals surface area contributed by atoms with Gasteiger partial charge in [0, 0.05) is 17.9 Å². The van der Waals surface area contributed by atoms with E-state index in [0.29, 0.717) is 17.9 Å². The zero-order valence-electron chi connectivity index (χ0n) is 10.3. The van der Waals surface area contributed by atoms with E-state index >= 15 is 0 Å². The summed E-state index contributed by atoms with van der Waals surface area (Å²) in [5.74, 6) is -1.27. The maximum absolute atomic E-state index is 13.1. The van der Waals surface area contributed by atoms with Gasteiger partial charge in [0.2, 0.25) is 0 Å². The van der Waals surface area contributed by atoms with Crippen LogP contribution in [-0.4, -0.2) is 42.1 Å². The molecule has 0 bridgehead atoms. The second-order valence-electron chi connectivity index (χ2n) is 3.55. The Labute approximate surface area is 114 Å². The summed E-state index contributed by atoms with van der Waals surface area (Å²) in [5.41, 5.74) is 0.293. The first kappa shape index (κ1) is 15.3. The Morgan fingerprint density at radius 3 is 2.84 bits per heavy atom. The van der Waals surface area contributed by atoms with Crippen molar-refractivity contribution in [2.45, 2.75) is 0 Å². The normalized spacial score (nSPS) is 10.0. The molecule has 2 N–H and O–H groups in total. The highest BCUT2D eigenvalue weighted by atomic mass is 32.2. The highest BCUT2D eigenvalue weighted by molar-refractivity contribution is 7.99. The first-order valence-corrected chi connectivity index (χ1v) is 6.61. The van der Waals surface area contributed by atoms with Crippen molar-refractivity contribution < 1.29 is 23.8 Å². The minimum absolute atomic E-state index is 0.000240. The lowest BCUT2D eigenvalue weighted by Crippen LogP contribution is -2.26. The van der Waals surface area contributed by atoms with Crippen LogP contribution in [0.2, 0.25) is 0 Å². The second kappa shape index (κ2) is 7.63. The molecule has 0 spiro atoms. The van der Waals surface area contributed by atoms with E-state index in [4.69, 9.17) is 9.84 Å². The second-order valence-corrected chi connectivity index (χ2v) is 4.66. The standard InChI is InChI=1S/C12H14FNO4S/c1-18-10-6-8(2-3-9(10)13)12(17)14-4-5-19-7-11(15)16/h2-3,6H,4-5,7H2,1H3,(H,14,17)(H,15,16). The summed E-state index contributed by atoms with van der Waals surface area (Å²) in [5, 5.41) is 11.0. The first-order chi connectivity index (χ1) is 9.04. The Hall–Kier alpha value is -1.76. The SMILES string of the molecule is COc1cc(C(=O)NCCSCC(=O)O)ccc1F. The zero-order chi connectivity index (χ0) is 14.3. The van der Waals surface area contributed by atoms with E-state index in [-0.39, 0.29) is 17.4 Å². The number of carboxylic acid groups (broad SMARTS) is 1. The zero-order valence-corrected chi connectivity index (χ0v) is 11.1. The van der Waals surface area contributed by atoms with Crippen LogP contribution in [0.3, 0.4) is 0 Å². The van der Waals surface area contributed by atoms with Crippen molar-refractivity contribution in [2.24, 2.45) is 0 Å². The molecule has 0 radical (unpaired) electrons. The van der Waals surface area contributed by atoms with E-state index < -0.39 is 11.8 Å². The molecule has 104 valence electrons. The average Bonchev–Trinajstić information content (AvgIpc) is 2.38. The molecule has 1 aromatic carbocycles. The lowest BCUT2D eigenvalue weighted by Gasteiger charge is -2.07. The van der Waals surface area contributed by atoms with Gasteiger partial charge in [-0.05, 0) is 18.2 Å². The van der Waals surface area contributed by atoms with Crippen LogP contribution in [0.1, 0.15) is 10.4 Å². The monoisotopic (exact) mass is 287 g/mol. The molecule has 0 aromatic heterocycles. The fourth-order valence-electron chi connectivity index (χ4n) is 1.30. The molecule has 0 heterocycles. The number of carbonyl (C=O) groups excluding carboxylic acids is 1. The molecule has 0 aliphatic carbocycles. The predicted octanol–water partition coefficient (Wildman–Crippen LogP) is 1.38. The van der Waals surface area contributed by atoms with Crippen LogP contribution in [-0.2, 0) is 4.79 Å². The van der Waals surface area contributed by atoms with Crippen LogP contribution in [0.4, 0.5) is 4.39 Å². The Morgan fingerprint density at radius 2 is 2.21 bits per heavy atom. The van der Waals surface area contributed by atoms with Gasteiger partial charge in [-0.25, -0.2) is 4.39 Å². The molecule has 5 nitrogen and oxygen atoms in total. The van der Waals surface area contributed by atoms with Gasteiger partial charge in [-0.3, -0.25) is 9.59 Å². The van der Waals surface area contributed by atoms with Crippen molar-refractivity contribution in [1.29, 1.82) is 0 Å². The largest absolute Gasteiger partial charge is 0.494 e. The predicted molar refractivity (Wildman–Crippen MR) is 70.2 cm³/mol. The molecule has 0 saturated heterocycles. The number of methoxy groups -OCH3 is 1. The Bertz CT molecular complexity index is 467. The highest BCUT2D eigenvalue weighted by Crippen LogP contribution is 2.18. The molecular formula is C12H14FNO4S. The molecule has 0 fully saturated rings. The summed E-state index contributed by atoms with van der Waals surface area (Å²) in [4.78, 5) is 22.0. The van der Waals surface area contributed by atoms with Gasteiger partial charge in [0.15, 0.2) is 11.6 Å². The van der Waals surface area contributed by atoms with Gasteiger partial charge in [0.05, 0.1) is 12.9 Å². The molecule has 1 amide bonds. The molecule has 1 rings (SSSR count). The fourth-order valence-corrected chi connectivity index (χ4v) is 1.86. The van der Waals surface area contributed by atoms with Crippen molar-refractivity contribution in [1.82, 2.24) is 5.32 Å². The third-order valence-corrected chi connectivity index (χ3v) is 3.11. The summed E-state index contributed by atoms with van der Waals surface area (Å²) in [6.07, 6.45) is 0. The summed E-state index contributed by atoms with van der Waals surface area (Å²) in [6, 6.07) is 3.83. The number of rotatable bonds is 7. The van der Waals surface area contributed by atoms with Crippen LogP contribution >= 0.6 is 11.8 Å². The lowest BCUT2D eigenvalue weighted by atomic mass is 10.2. The number of ether oxygens (including phenoxy) is 1. The van der Waals surface area contributed by atoms with Crippen LogP contribution in [0.5, 0.6) is 5.75 Å². The van der Waals surface area contributed by atoms with Crippen molar-refractivity contribution in [3.8, 4) is 5.75 Å². The highest BCUT2D eigenvalue weighted by Gasteiger charge is 2.09. The number of carbonyl (C=O) groups is 2. The molecule has 1 aromatic rings. The Morgan fingerprint density at radius 1 is 1.47 bits per heavy atom. The van der Waals surface area contributed by atoms with E-state index in [2.05, 4.69) is 5.32 Å². The van der Waals surface area contributed by atoms with E-state index in [0.717, 1.165) is 6.07 Å². The minimum Gasteiger partial charge on any atom is -0.494 e. The fraction of sp³-hybridized carbons (Fsp3) is 0.333. The summed E-state index contributed by atoms with van der Waals surface area (Å²) in [7, 11) is 1.32. The number of hydrogen-bond acceptors (Lipinski definition) is 4. The molecule has 0 aliphatic heterocycles. The van der Waals surface area contributed by atoms with Crippen molar-refractivity contribution in [3.05, 3.63) is 29.6 Å². The quantitative estimate of drug-likeness (QED) is 0.741. The Kier molecular flexibility index (Phi) is 6.14. The molecule has 19 heavy (non-hydrogen) atoms. The third kappa shape index (κ3) is 5.17. The van der Waals surface area contributed by atoms with Crippen molar-refractivity contribution in [2.75, 3.05) is 25.2 Å². The van der Waals surface area contributed by atoms with E-state index in [1.54, 1.807) is 0 Å². The van der Waals surface area contributed by atoms with Gasteiger partial charge in [0.1, 0.15) is 0 Å². The minimum atomic E-state index is -0.889. The van der Waals surface area contributed by atoms with Crippen molar-refractivity contribution >= 4 is 23.6 Å². The van der Waals surface area contributed by atoms with Crippen LogP contribution in [0.15, 0.2) is 18.2 Å². The number of aliphatic carboxylic acids is 1. The van der Waals surface area contributed by atoms with Gasteiger partial charge in [-0.15, -0.1) is 11.8 Å². The average molecular weight is 287 g/mol. The lowest BCUT2D eigenvalue weighted by molar-refractivity contribution is -0.133. The Balaban J connectivity index is 2.43. The van der Waals surface area contributed by atoms with Gasteiger partial charge in [-0.2, -0.15) is 0 Å². The van der Waals surface area contributed by atoms with Crippen LogP contribution in [0.25, 0.3) is 0 Å². The summed E-state index contributed by atoms with van der Waals surface area (Å²) >= 11 is 1.21. The van der Waals surface area contributed by atoms with E-state index in [1.807, 2.05) is 0 Å². The van der Waals surface area contributed by atoms with Gasteiger partial charge in [0.25, 0.3) is 5.91 Å². The number of benzene rings is 1. The molecule has 0 aliphatic rings. The first-order valence-electron chi connectivity index (χ1n) is 5.46. The van der Waals surface area contributed by atoms with Crippen molar-refractivity contribution in [3.63, 3.8) is 0 Å².